The molecule has 3 nitrogen and oxygen atoms in total. The first-order chi connectivity index (χ1) is 25.2. The highest BCUT2D eigenvalue weighted by Crippen LogP contribution is 2.53. The van der Waals surface area contributed by atoms with E-state index in [-0.39, 0.29) is 12.0 Å². The van der Waals surface area contributed by atoms with Crippen LogP contribution in [0, 0.1) is 0 Å². The van der Waals surface area contributed by atoms with Crippen molar-refractivity contribution in [3.63, 3.8) is 0 Å². The first-order valence-corrected chi connectivity index (χ1v) is 17.5. The second kappa shape index (κ2) is 12.1. The molecule has 7 aromatic carbocycles. The van der Waals surface area contributed by atoms with E-state index in [1.807, 2.05) is 36.4 Å². The van der Waals surface area contributed by atoms with Gasteiger partial charge in [-0.1, -0.05) is 158 Å². The number of allylic oxidation sites excluding steroid dienone is 2. The topological polar surface area (TPSA) is 35.0 Å². The van der Waals surface area contributed by atoms with Crippen LogP contribution in [-0.4, -0.2) is 16.1 Å². The lowest BCUT2D eigenvalue weighted by Crippen LogP contribution is -2.24. The number of hydrogen-bond acceptors (Lipinski definition) is 3. The van der Waals surface area contributed by atoms with Gasteiger partial charge in [0.2, 0.25) is 0 Å². The molecular formula is C48H32N2O. The van der Waals surface area contributed by atoms with Crippen molar-refractivity contribution in [1.29, 1.82) is 0 Å². The van der Waals surface area contributed by atoms with E-state index in [4.69, 9.17) is 14.7 Å². The lowest BCUT2D eigenvalue weighted by atomic mass is 9.76. The molecule has 0 radical (unpaired) electrons. The van der Waals surface area contributed by atoms with Gasteiger partial charge in [-0.05, 0) is 62.5 Å². The van der Waals surface area contributed by atoms with Crippen molar-refractivity contribution in [2.45, 2.75) is 12.0 Å². The van der Waals surface area contributed by atoms with Gasteiger partial charge in [0, 0.05) is 27.8 Å². The number of nitrogens with zero attached hydrogens (tertiary/aromatic N) is 2. The Hall–Kier alpha value is -6.58. The number of hydrogen-bond donors (Lipinski definition) is 0. The van der Waals surface area contributed by atoms with Gasteiger partial charge in [0.1, 0.15) is 11.9 Å². The van der Waals surface area contributed by atoms with Crippen LogP contribution in [0.1, 0.15) is 22.6 Å². The monoisotopic (exact) mass is 652 g/mol. The van der Waals surface area contributed by atoms with Crippen LogP contribution in [0.3, 0.4) is 0 Å². The molecule has 1 aliphatic carbocycles. The van der Waals surface area contributed by atoms with E-state index in [2.05, 4.69) is 146 Å². The number of ether oxygens (including phenoxy) is 1. The van der Waals surface area contributed by atoms with Crippen molar-refractivity contribution in [3.05, 3.63) is 199 Å². The van der Waals surface area contributed by atoms with Crippen LogP contribution in [0.2, 0.25) is 0 Å². The smallest absolute Gasteiger partial charge is 0.160 e. The second-order valence-corrected chi connectivity index (χ2v) is 13.3. The highest BCUT2D eigenvalue weighted by molar-refractivity contribution is 5.94. The molecule has 0 spiro atoms. The maximum absolute atomic E-state index is 6.92. The van der Waals surface area contributed by atoms with Crippen molar-refractivity contribution in [2.24, 2.45) is 0 Å². The predicted octanol–water partition coefficient (Wildman–Crippen LogP) is 11.8. The Bertz CT molecular complexity index is 2600. The molecule has 2 aliphatic rings. The summed E-state index contributed by atoms with van der Waals surface area (Å²) in [7, 11) is 0. The molecule has 0 fully saturated rings. The van der Waals surface area contributed by atoms with Gasteiger partial charge >= 0.3 is 0 Å². The second-order valence-electron chi connectivity index (χ2n) is 13.3. The molecule has 2 atom stereocenters. The minimum atomic E-state index is -0.142. The lowest BCUT2D eigenvalue weighted by molar-refractivity contribution is 0.281. The molecule has 0 bridgehead atoms. The van der Waals surface area contributed by atoms with E-state index in [0.717, 1.165) is 39.4 Å². The molecule has 1 aromatic heterocycles. The van der Waals surface area contributed by atoms with E-state index in [1.165, 1.54) is 43.8 Å². The van der Waals surface area contributed by atoms with Gasteiger partial charge in [0.05, 0.1) is 17.3 Å². The van der Waals surface area contributed by atoms with Crippen molar-refractivity contribution >= 4 is 32.7 Å². The highest BCUT2D eigenvalue weighted by Gasteiger charge is 2.41. The van der Waals surface area contributed by atoms with Gasteiger partial charge in [0.25, 0.3) is 0 Å². The van der Waals surface area contributed by atoms with Gasteiger partial charge in [-0.3, -0.25) is 0 Å². The summed E-state index contributed by atoms with van der Waals surface area (Å²) < 4.78 is 6.92. The van der Waals surface area contributed by atoms with E-state index in [0.29, 0.717) is 5.82 Å². The molecule has 10 rings (SSSR count). The van der Waals surface area contributed by atoms with Gasteiger partial charge in [-0.2, -0.15) is 0 Å². The van der Waals surface area contributed by atoms with Crippen LogP contribution >= 0.6 is 0 Å². The summed E-state index contributed by atoms with van der Waals surface area (Å²) in [6.45, 7) is 0. The molecule has 2 unspecified atom stereocenters. The van der Waals surface area contributed by atoms with E-state index < -0.39 is 0 Å². The summed E-state index contributed by atoms with van der Waals surface area (Å²) >= 11 is 0. The molecule has 0 amide bonds. The molecule has 8 aromatic rings. The first kappa shape index (κ1) is 29.3. The molecule has 3 heteroatoms. The predicted molar refractivity (Wildman–Crippen MR) is 209 cm³/mol. The number of fused-ring (bicyclic) bond motifs is 5. The Kier molecular flexibility index (Phi) is 6.95. The average Bonchev–Trinajstić information content (AvgIpc) is 3.58. The zero-order chi connectivity index (χ0) is 33.7. The van der Waals surface area contributed by atoms with Crippen LogP contribution in [0.5, 0.6) is 5.75 Å². The molecule has 1 aliphatic heterocycles. The largest absolute Gasteiger partial charge is 0.484 e. The third kappa shape index (κ3) is 5.22. The molecule has 51 heavy (non-hydrogen) atoms. The summed E-state index contributed by atoms with van der Waals surface area (Å²) in [6, 6.07) is 59.8. The Labute approximate surface area is 296 Å². The van der Waals surface area contributed by atoms with Crippen LogP contribution in [0.4, 0.5) is 0 Å². The Balaban J connectivity index is 1.08. The standard InChI is InChI=1S/C48H32N2O/c1-3-12-33(13-4-1)43-30-44(34-14-5-2-6-15-34)50-48(49-43)35-22-20-32(21-23-35)40-25-26-41(39-24-19-31-11-7-8-16-36(31)27-39)47-46(40)42-28-37-17-9-10-18-38(37)29-45(42)51-47/h1-30,46-47H. The maximum Gasteiger partial charge on any atom is 0.160 e. The third-order valence-electron chi connectivity index (χ3n) is 10.3. The lowest BCUT2D eigenvalue weighted by Gasteiger charge is -2.28. The van der Waals surface area contributed by atoms with Gasteiger partial charge in [0.15, 0.2) is 5.82 Å². The van der Waals surface area contributed by atoms with E-state index in [9.17, 15) is 0 Å². The summed E-state index contributed by atoms with van der Waals surface area (Å²) in [5.41, 5.74) is 10.9. The quantitative estimate of drug-likeness (QED) is 0.186. The van der Waals surface area contributed by atoms with Gasteiger partial charge < -0.3 is 4.74 Å². The van der Waals surface area contributed by atoms with Crippen molar-refractivity contribution in [2.75, 3.05) is 0 Å². The zero-order valence-electron chi connectivity index (χ0n) is 27.8. The Morgan fingerprint density at radius 2 is 0.922 bits per heavy atom. The van der Waals surface area contributed by atoms with Crippen LogP contribution < -0.4 is 4.74 Å². The highest BCUT2D eigenvalue weighted by atomic mass is 16.5. The summed E-state index contributed by atoms with van der Waals surface area (Å²) in [5, 5.41) is 4.88. The fourth-order valence-corrected chi connectivity index (χ4v) is 7.71. The number of aromatic nitrogens is 2. The Morgan fingerprint density at radius 1 is 0.392 bits per heavy atom. The molecule has 0 N–H and O–H groups in total. The van der Waals surface area contributed by atoms with Crippen LogP contribution in [0.25, 0.3) is 66.6 Å². The van der Waals surface area contributed by atoms with Gasteiger partial charge in [-0.15, -0.1) is 0 Å². The summed E-state index contributed by atoms with van der Waals surface area (Å²) in [4.78, 5) is 10.1. The van der Waals surface area contributed by atoms with Crippen LogP contribution in [0.15, 0.2) is 182 Å². The normalized spacial score (nSPS) is 16.2. The summed E-state index contributed by atoms with van der Waals surface area (Å²) in [5.74, 6) is 1.71. The minimum Gasteiger partial charge on any atom is -0.484 e. The third-order valence-corrected chi connectivity index (χ3v) is 10.3. The number of rotatable bonds is 5. The van der Waals surface area contributed by atoms with Crippen molar-refractivity contribution in [1.82, 2.24) is 9.97 Å². The van der Waals surface area contributed by atoms with E-state index in [1.54, 1.807) is 0 Å². The fourth-order valence-electron chi connectivity index (χ4n) is 7.71. The van der Waals surface area contributed by atoms with E-state index >= 15 is 0 Å². The molecule has 0 saturated heterocycles. The maximum atomic E-state index is 6.92. The molecular weight excluding hydrogens is 621 g/mol. The Morgan fingerprint density at radius 3 is 1.59 bits per heavy atom. The molecule has 0 saturated carbocycles. The van der Waals surface area contributed by atoms with Crippen molar-refractivity contribution < 1.29 is 4.74 Å². The SMILES string of the molecule is C1=C(c2ccc3ccccc3c2)C2Oc3cc4ccccc4cc3C2C(c2ccc(-c3nc(-c4ccccc4)cc(-c4ccccc4)n3)cc2)=C1. The fraction of sp³-hybridized carbons (Fsp3) is 0.0417. The summed E-state index contributed by atoms with van der Waals surface area (Å²) in [6.07, 6.45) is 4.42. The van der Waals surface area contributed by atoms with Crippen LogP contribution in [-0.2, 0) is 0 Å². The minimum absolute atomic E-state index is 0.0456. The molecule has 240 valence electrons. The zero-order valence-corrected chi connectivity index (χ0v) is 27.8. The molecule has 2 heterocycles. The number of benzene rings is 7. The average molecular weight is 653 g/mol. The van der Waals surface area contributed by atoms with Gasteiger partial charge in [-0.25, -0.2) is 9.97 Å². The first-order valence-electron chi connectivity index (χ1n) is 17.5. The van der Waals surface area contributed by atoms with Crippen molar-refractivity contribution in [3.8, 4) is 39.7 Å².